The van der Waals surface area contributed by atoms with Gasteiger partial charge in [0.25, 0.3) is 0 Å². The molecule has 0 aliphatic rings. The molecule has 1 amide bonds. The van der Waals surface area contributed by atoms with Gasteiger partial charge in [0.15, 0.2) is 18.1 Å². The van der Waals surface area contributed by atoms with E-state index in [-0.39, 0.29) is 26.2 Å². The van der Waals surface area contributed by atoms with E-state index in [1.807, 2.05) is 6.07 Å². The van der Waals surface area contributed by atoms with Crippen molar-refractivity contribution in [1.29, 1.82) is 0 Å². The van der Waals surface area contributed by atoms with E-state index >= 15 is 0 Å². The molecule has 1 heterocycles. The zero-order chi connectivity index (χ0) is 20.2. The Morgan fingerprint density at radius 3 is 2.37 bits per heavy atom. The number of hydrogen-bond donors (Lipinski definition) is 1. The third-order valence-corrected chi connectivity index (χ3v) is 3.23. The summed E-state index contributed by atoms with van der Waals surface area (Å²) in [5.41, 5.74) is 0. The maximum Gasteiger partial charge on any atom is 0.519 e. The summed E-state index contributed by atoms with van der Waals surface area (Å²) in [5, 5.41) is 1.92. The van der Waals surface area contributed by atoms with Crippen molar-refractivity contribution >= 4 is 28.9 Å². The standard InChI is InChI=1S/C10H11NO3.C7H8O5S.H2/c1-8(12)11-7-10(13)14-9-5-3-2-4-6-9;1-4-5(12-6(8)11-4)3-10-7(9)13-2;/h2-6H,7H2,1H3,(H,11,12);3H2,1-2H3;1H. The lowest BCUT2D eigenvalue weighted by Crippen LogP contribution is -2.29. The molecule has 9 nitrogen and oxygen atoms in total. The monoisotopic (exact) mass is 399 g/mol. The Labute approximate surface area is 160 Å². The van der Waals surface area contributed by atoms with Gasteiger partial charge in [-0.1, -0.05) is 18.2 Å². The van der Waals surface area contributed by atoms with Crippen molar-refractivity contribution in [3.05, 3.63) is 52.5 Å². The van der Waals surface area contributed by atoms with Gasteiger partial charge in [-0.3, -0.25) is 4.79 Å². The molecule has 0 unspecified atom stereocenters. The first-order valence-electron chi connectivity index (χ1n) is 7.62. The van der Waals surface area contributed by atoms with Gasteiger partial charge in [-0.05, 0) is 37.1 Å². The van der Waals surface area contributed by atoms with Crippen molar-refractivity contribution in [2.45, 2.75) is 20.5 Å². The molecule has 0 bridgehead atoms. The normalized spacial score (nSPS) is 9.59. The molecule has 0 aliphatic carbocycles. The lowest BCUT2D eigenvalue weighted by Gasteiger charge is -2.03. The molecule has 148 valence electrons. The van der Waals surface area contributed by atoms with Gasteiger partial charge >= 0.3 is 17.1 Å². The predicted molar refractivity (Wildman–Crippen MR) is 98.6 cm³/mol. The molecule has 0 aliphatic heterocycles. The van der Waals surface area contributed by atoms with E-state index < -0.39 is 17.1 Å². The second kappa shape index (κ2) is 11.6. The second-order valence-electron chi connectivity index (χ2n) is 4.87. The highest BCUT2D eigenvalue weighted by Crippen LogP contribution is 2.09. The van der Waals surface area contributed by atoms with Crippen molar-refractivity contribution in [3.63, 3.8) is 0 Å². The van der Waals surface area contributed by atoms with E-state index in [4.69, 9.17) is 9.47 Å². The largest absolute Gasteiger partial charge is 0.519 e. The highest BCUT2D eigenvalue weighted by molar-refractivity contribution is 8.12. The number of ether oxygens (including phenoxy) is 2. The zero-order valence-corrected chi connectivity index (χ0v) is 15.8. The lowest BCUT2D eigenvalue weighted by atomic mass is 10.3. The van der Waals surface area contributed by atoms with E-state index in [9.17, 15) is 19.2 Å². The number of esters is 1. The maximum atomic E-state index is 11.1. The molecule has 2 rings (SSSR count). The number of rotatable bonds is 5. The van der Waals surface area contributed by atoms with Crippen LogP contribution >= 0.6 is 11.8 Å². The van der Waals surface area contributed by atoms with Gasteiger partial charge < -0.3 is 23.6 Å². The van der Waals surface area contributed by atoms with Gasteiger partial charge in [-0.2, -0.15) is 0 Å². The molecule has 0 atom stereocenters. The van der Waals surface area contributed by atoms with Gasteiger partial charge in [-0.25, -0.2) is 14.4 Å². The lowest BCUT2D eigenvalue weighted by molar-refractivity contribution is -0.135. The molecule has 27 heavy (non-hydrogen) atoms. The summed E-state index contributed by atoms with van der Waals surface area (Å²) in [5.74, 6) is -0.469. The third-order valence-electron chi connectivity index (χ3n) is 2.78. The number of amides is 1. The highest BCUT2D eigenvalue weighted by atomic mass is 32.2. The van der Waals surface area contributed by atoms with Crippen LogP contribution in [-0.4, -0.2) is 30.0 Å². The fraction of sp³-hybridized carbons (Fsp3) is 0.294. The average Bonchev–Trinajstić information content (AvgIpc) is 2.96. The molecule has 1 N–H and O–H groups in total. The number of para-hydroxylation sites is 1. The van der Waals surface area contributed by atoms with Crippen LogP contribution in [0.5, 0.6) is 5.75 Å². The minimum Gasteiger partial charge on any atom is -0.449 e. The Balaban J connectivity index is 0.000000504. The molecular weight excluding hydrogens is 378 g/mol. The van der Waals surface area contributed by atoms with Crippen molar-refractivity contribution < 1.29 is 34.1 Å². The van der Waals surface area contributed by atoms with Crippen LogP contribution in [0.2, 0.25) is 0 Å². The summed E-state index contributed by atoms with van der Waals surface area (Å²) in [7, 11) is 0. The van der Waals surface area contributed by atoms with Crippen LogP contribution in [0.1, 0.15) is 19.9 Å². The van der Waals surface area contributed by atoms with Crippen LogP contribution in [0.25, 0.3) is 0 Å². The summed E-state index contributed by atoms with van der Waals surface area (Å²) >= 11 is 0.945. The highest BCUT2D eigenvalue weighted by Gasteiger charge is 2.10. The van der Waals surface area contributed by atoms with Crippen molar-refractivity contribution in [2.75, 3.05) is 12.8 Å². The van der Waals surface area contributed by atoms with Gasteiger partial charge in [-0.15, -0.1) is 0 Å². The van der Waals surface area contributed by atoms with Gasteiger partial charge in [0.2, 0.25) is 5.91 Å². The van der Waals surface area contributed by atoms with Crippen molar-refractivity contribution in [2.24, 2.45) is 0 Å². The first-order chi connectivity index (χ1) is 12.8. The zero-order valence-electron chi connectivity index (χ0n) is 15.0. The topological polar surface area (TPSA) is 125 Å². The Hall–Kier alpha value is -3.01. The number of carbonyl (C=O) groups is 3. The Morgan fingerprint density at radius 2 is 1.85 bits per heavy atom. The summed E-state index contributed by atoms with van der Waals surface area (Å²) in [6.07, 6.45) is 1.60. The van der Waals surface area contributed by atoms with Crippen LogP contribution in [-0.2, 0) is 20.9 Å². The van der Waals surface area contributed by atoms with Gasteiger partial charge in [0, 0.05) is 8.35 Å². The number of nitrogens with one attached hydrogen (secondary N) is 1. The Kier molecular flexibility index (Phi) is 9.45. The van der Waals surface area contributed by atoms with E-state index in [1.165, 1.54) is 6.92 Å². The molecule has 10 heteroatoms. The summed E-state index contributed by atoms with van der Waals surface area (Å²) in [4.78, 5) is 42.8. The van der Waals surface area contributed by atoms with Crippen LogP contribution < -0.4 is 15.9 Å². The maximum absolute atomic E-state index is 11.1. The van der Waals surface area contributed by atoms with Crippen LogP contribution in [0.3, 0.4) is 0 Å². The summed E-state index contributed by atoms with van der Waals surface area (Å²) in [6, 6.07) is 8.70. The fourth-order valence-electron chi connectivity index (χ4n) is 1.54. The molecule has 0 saturated heterocycles. The minimum absolute atomic E-state index is 0. The number of hydrogen-bond acceptors (Lipinski definition) is 9. The van der Waals surface area contributed by atoms with Gasteiger partial charge in [0.1, 0.15) is 12.3 Å². The molecule has 0 fully saturated rings. The molecule has 0 saturated carbocycles. The first kappa shape index (κ1) is 22.0. The number of aryl methyl sites for hydroxylation is 1. The van der Waals surface area contributed by atoms with Crippen LogP contribution in [0.15, 0.2) is 44.0 Å². The smallest absolute Gasteiger partial charge is 0.449 e. The van der Waals surface area contributed by atoms with E-state index in [2.05, 4.69) is 14.2 Å². The first-order valence-corrected chi connectivity index (χ1v) is 8.84. The molecule has 2 aromatic rings. The predicted octanol–water partition coefficient (Wildman–Crippen LogP) is 2.51. The Bertz CT molecular complexity index is 818. The molecule has 0 radical (unpaired) electrons. The molecule has 1 aromatic heterocycles. The van der Waals surface area contributed by atoms with Crippen molar-refractivity contribution in [1.82, 2.24) is 5.32 Å². The summed E-state index contributed by atoms with van der Waals surface area (Å²) in [6.45, 7) is 2.73. The van der Waals surface area contributed by atoms with E-state index in [1.54, 1.807) is 37.4 Å². The minimum atomic E-state index is -0.785. The van der Waals surface area contributed by atoms with Crippen LogP contribution in [0, 0.1) is 6.92 Å². The molecule has 0 spiro atoms. The molecular formula is C17H21NO8S. The molecule has 1 aromatic carbocycles. The Morgan fingerprint density at radius 1 is 1.19 bits per heavy atom. The number of carbonyl (C=O) groups excluding carboxylic acids is 3. The SMILES string of the molecule is CC(=O)NCC(=O)Oc1ccccc1.CSC(=O)OCc1oc(=O)oc1C.[HH]. The van der Waals surface area contributed by atoms with Gasteiger partial charge in [0.05, 0.1) is 0 Å². The third kappa shape index (κ3) is 9.31. The average molecular weight is 399 g/mol. The van der Waals surface area contributed by atoms with Crippen LogP contribution in [0.4, 0.5) is 4.79 Å². The number of benzene rings is 1. The number of thioether (sulfide) groups is 1. The fourth-order valence-corrected chi connectivity index (χ4v) is 1.72. The van der Waals surface area contributed by atoms with E-state index in [0.29, 0.717) is 11.5 Å². The summed E-state index contributed by atoms with van der Waals surface area (Å²) < 4.78 is 18.8. The van der Waals surface area contributed by atoms with E-state index in [0.717, 1.165) is 11.8 Å². The quantitative estimate of drug-likeness (QED) is 0.596. The van der Waals surface area contributed by atoms with Crippen molar-refractivity contribution in [3.8, 4) is 5.75 Å². The second-order valence-corrected chi connectivity index (χ2v) is 5.61.